The number of nitrogens with zero attached hydrogens (tertiary/aromatic N) is 1. The van der Waals surface area contributed by atoms with E-state index in [1.165, 1.54) is 0 Å². The van der Waals surface area contributed by atoms with Crippen molar-refractivity contribution in [3.63, 3.8) is 0 Å². The van der Waals surface area contributed by atoms with Crippen LogP contribution in [0.1, 0.15) is 31.2 Å². The maximum atomic E-state index is 12.6. The van der Waals surface area contributed by atoms with Crippen molar-refractivity contribution in [2.75, 3.05) is 0 Å². The molecule has 1 unspecified atom stereocenters. The molecule has 0 amide bonds. The molecule has 6 heteroatoms. The Kier molecular flexibility index (Phi) is 5.19. The summed E-state index contributed by atoms with van der Waals surface area (Å²) < 4.78 is 37.8. The van der Waals surface area contributed by atoms with Crippen LogP contribution in [0.15, 0.2) is 18.5 Å². The zero-order chi connectivity index (χ0) is 14.8. The van der Waals surface area contributed by atoms with Crippen molar-refractivity contribution >= 4 is 23.2 Å². The molecule has 1 atom stereocenters. The molecule has 1 fully saturated rings. The summed E-state index contributed by atoms with van der Waals surface area (Å²) in [6, 6.07) is 1.80. The van der Waals surface area contributed by atoms with Gasteiger partial charge in [0.25, 0.3) is 0 Å². The van der Waals surface area contributed by atoms with E-state index in [1.807, 2.05) is 0 Å². The zero-order valence-corrected chi connectivity index (χ0v) is 12.3. The average molecular weight is 326 g/mol. The molecule has 1 aliphatic carbocycles. The van der Waals surface area contributed by atoms with Gasteiger partial charge < -0.3 is 0 Å². The largest absolute Gasteiger partial charge is 0.391 e. The van der Waals surface area contributed by atoms with E-state index in [0.717, 1.165) is 5.56 Å². The van der Waals surface area contributed by atoms with Crippen molar-refractivity contribution in [1.29, 1.82) is 0 Å². The Balaban J connectivity index is 1.89. The summed E-state index contributed by atoms with van der Waals surface area (Å²) in [6.07, 6.45) is 1.13. The fourth-order valence-corrected chi connectivity index (χ4v) is 3.37. The highest BCUT2D eigenvalue weighted by Crippen LogP contribution is 2.41. The second-order valence-electron chi connectivity index (χ2n) is 5.34. The lowest BCUT2D eigenvalue weighted by Gasteiger charge is -2.32. The van der Waals surface area contributed by atoms with Gasteiger partial charge in [0.15, 0.2) is 0 Å². The van der Waals surface area contributed by atoms with Crippen LogP contribution in [0.5, 0.6) is 0 Å². The normalized spacial score (nSPS) is 25.4. The molecular weight excluding hydrogens is 310 g/mol. The van der Waals surface area contributed by atoms with Gasteiger partial charge in [-0.3, -0.25) is 4.98 Å². The molecule has 0 saturated heterocycles. The molecule has 0 bridgehead atoms. The molecule has 1 nitrogen and oxygen atoms in total. The van der Waals surface area contributed by atoms with Crippen molar-refractivity contribution in [2.24, 2.45) is 11.8 Å². The van der Waals surface area contributed by atoms with Crippen LogP contribution in [0.2, 0.25) is 5.02 Å². The summed E-state index contributed by atoms with van der Waals surface area (Å²) in [5.41, 5.74) is 0.902. The van der Waals surface area contributed by atoms with Crippen molar-refractivity contribution < 1.29 is 13.2 Å². The Bertz CT molecular complexity index is 442. The smallest absolute Gasteiger partial charge is 0.263 e. The second-order valence-corrected chi connectivity index (χ2v) is 6.31. The molecule has 1 aliphatic rings. The van der Waals surface area contributed by atoms with Crippen LogP contribution in [-0.2, 0) is 6.42 Å². The second kappa shape index (κ2) is 6.52. The first-order valence-corrected chi connectivity index (χ1v) is 7.48. The lowest BCUT2D eigenvalue weighted by atomic mass is 9.79. The van der Waals surface area contributed by atoms with Gasteiger partial charge in [0.1, 0.15) is 0 Å². The number of hydrogen-bond acceptors (Lipinski definition) is 1. The van der Waals surface area contributed by atoms with Gasteiger partial charge in [-0.25, -0.2) is 0 Å². The lowest BCUT2D eigenvalue weighted by Crippen LogP contribution is -2.31. The van der Waals surface area contributed by atoms with Gasteiger partial charge in [-0.15, -0.1) is 11.6 Å². The quantitative estimate of drug-likeness (QED) is 0.691. The fourth-order valence-electron chi connectivity index (χ4n) is 2.75. The molecule has 0 spiro atoms. The Morgan fingerprint density at radius 2 is 1.90 bits per heavy atom. The Labute approximate surface area is 126 Å². The van der Waals surface area contributed by atoms with Gasteiger partial charge in [0, 0.05) is 17.8 Å². The minimum absolute atomic E-state index is 0.125. The van der Waals surface area contributed by atoms with Crippen LogP contribution in [-0.4, -0.2) is 16.5 Å². The minimum atomic E-state index is -4.07. The van der Waals surface area contributed by atoms with E-state index in [9.17, 15) is 13.2 Å². The first kappa shape index (κ1) is 15.9. The summed E-state index contributed by atoms with van der Waals surface area (Å²) in [5.74, 6) is -1.04. The van der Waals surface area contributed by atoms with E-state index >= 15 is 0 Å². The molecule has 20 heavy (non-hydrogen) atoms. The Hall–Kier alpha value is -0.480. The van der Waals surface area contributed by atoms with Gasteiger partial charge in [-0.2, -0.15) is 13.2 Å². The number of halogens is 5. The van der Waals surface area contributed by atoms with Crippen molar-refractivity contribution in [3.05, 3.63) is 29.0 Å². The molecule has 0 radical (unpaired) electrons. The number of hydrogen-bond donors (Lipinski definition) is 0. The van der Waals surface area contributed by atoms with E-state index in [0.29, 0.717) is 24.3 Å². The maximum Gasteiger partial charge on any atom is 0.391 e. The highest BCUT2D eigenvalue weighted by molar-refractivity contribution is 6.31. The minimum Gasteiger partial charge on any atom is -0.263 e. The molecule has 1 heterocycles. The number of aromatic nitrogens is 1. The first-order chi connectivity index (χ1) is 9.38. The molecule has 2 rings (SSSR count). The fraction of sp³-hybridized carbons (Fsp3) is 0.643. The van der Waals surface area contributed by atoms with Gasteiger partial charge in [-0.1, -0.05) is 11.6 Å². The SMILES string of the molecule is FC(F)(F)C1CCC(C(Cl)Cc2ccncc2Cl)CC1. The molecule has 0 aliphatic heterocycles. The maximum absolute atomic E-state index is 12.6. The van der Waals surface area contributed by atoms with E-state index < -0.39 is 12.1 Å². The molecule has 1 aromatic rings. The first-order valence-electron chi connectivity index (χ1n) is 6.67. The van der Waals surface area contributed by atoms with Crippen LogP contribution in [0.25, 0.3) is 0 Å². The highest BCUT2D eigenvalue weighted by Gasteiger charge is 2.42. The van der Waals surface area contributed by atoms with Crippen molar-refractivity contribution in [1.82, 2.24) is 4.98 Å². The number of rotatable bonds is 3. The summed E-state index contributed by atoms with van der Waals surface area (Å²) in [7, 11) is 0. The predicted octanol–water partition coefficient (Wildman–Crippen LogP) is 5.25. The van der Waals surface area contributed by atoms with Crippen LogP contribution in [0.4, 0.5) is 13.2 Å². The molecule has 112 valence electrons. The predicted molar refractivity (Wildman–Crippen MR) is 74.1 cm³/mol. The zero-order valence-electron chi connectivity index (χ0n) is 10.8. The lowest BCUT2D eigenvalue weighted by molar-refractivity contribution is -0.183. The third-order valence-corrected chi connectivity index (χ3v) is 4.87. The molecule has 0 aromatic carbocycles. The monoisotopic (exact) mass is 325 g/mol. The van der Waals surface area contributed by atoms with Gasteiger partial charge in [0.2, 0.25) is 0 Å². The molecule has 0 N–H and O–H groups in total. The van der Waals surface area contributed by atoms with Crippen LogP contribution < -0.4 is 0 Å². The summed E-state index contributed by atoms with van der Waals surface area (Å²) >= 11 is 12.4. The van der Waals surface area contributed by atoms with Gasteiger partial charge in [0.05, 0.1) is 10.9 Å². The summed E-state index contributed by atoms with van der Waals surface area (Å²) in [6.45, 7) is 0. The standard InChI is InChI=1S/C14H16Cl2F3N/c15-12(7-10-5-6-20-8-13(10)16)9-1-3-11(4-2-9)14(17,18)19/h5-6,8-9,11-12H,1-4,7H2. The van der Waals surface area contributed by atoms with Gasteiger partial charge in [-0.05, 0) is 49.7 Å². The number of pyridine rings is 1. The van der Waals surface area contributed by atoms with E-state index in [-0.39, 0.29) is 24.1 Å². The summed E-state index contributed by atoms with van der Waals surface area (Å²) in [4.78, 5) is 3.90. The van der Waals surface area contributed by atoms with Crippen molar-refractivity contribution in [3.8, 4) is 0 Å². The Morgan fingerprint density at radius 3 is 2.45 bits per heavy atom. The highest BCUT2D eigenvalue weighted by atomic mass is 35.5. The van der Waals surface area contributed by atoms with Crippen LogP contribution in [0.3, 0.4) is 0 Å². The molecule has 1 saturated carbocycles. The van der Waals surface area contributed by atoms with Gasteiger partial charge >= 0.3 is 6.18 Å². The average Bonchev–Trinajstić information content (AvgIpc) is 2.40. The van der Waals surface area contributed by atoms with Crippen LogP contribution >= 0.6 is 23.2 Å². The topological polar surface area (TPSA) is 12.9 Å². The molecular formula is C14H16Cl2F3N. The van der Waals surface area contributed by atoms with E-state index in [4.69, 9.17) is 23.2 Å². The third-order valence-electron chi connectivity index (χ3n) is 4.02. The summed E-state index contributed by atoms with van der Waals surface area (Å²) in [5, 5.41) is 0.381. The van der Waals surface area contributed by atoms with E-state index in [2.05, 4.69) is 4.98 Å². The Morgan fingerprint density at radius 1 is 1.25 bits per heavy atom. The molecule has 1 aromatic heterocycles. The number of alkyl halides is 4. The van der Waals surface area contributed by atoms with E-state index in [1.54, 1.807) is 18.5 Å². The van der Waals surface area contributed by atoms with Crippen molar-refractivity contribution in [2.45, 2.75) is 43.7 Å². The van der Waals surface area contributed by atoms with Crippen LogP contribution in [0, 0.1) is 11.8 Å². The third kappa shape index (κ3) is 4.01.